The molecular formula is C144H88. The molecule has 0 bridgehead atoms. The minimum Gasteiger partial charge on any atom is -0.0622 e. The van der Waals surface area contributed by atoms with E-state index in [1.807, 2.05) is 0 Å². The van der Waals surface area contributed by atoms with Crippen LogP contribution >= 0.6 is 0 Å². The molecule has 0 heterocycles. The topological polar surface area (TPSA) is 0 Å². The van der Waals surface area contributed by atoms with Gasteiger partial charge < -0.3 is 0 Å². The van der Waals surface area contributed by atoms with Crippen molar-refractivity contribution in [3.8, 4) is 66.8 Å². The van der Waals surface area contributed by atoms with Crippen LogP contribution in [0.5, 0.6) is 0 Å². The Hall–Kier alpha value is -18.2. The minimum absolute atomic E-state index is 1.24. The average Bonchev–Trinajstić information content (AvgIpc) is 1.53. The molecule has 0 radical (unpaired) electrons. The maximum atomic E-state index is 2.43. The van der Waals surface area contributed by atoms with E-state index < -0.39 is 0 Å². The Bertz CT molecular complexity index is 11100. The van der Waals surface area contributed by atoms with Crippen molar-refractivity contribution in [2.45, 2.75) is 27.7 Å². The molecule has 34 aromatic rings. The summed E-state index contributed by atoms with van der Waals surface area (Å²) < 4.78 is 0. The number of fused-ring (bicyclic) bond motifs is 28. The van der Waals surface area contributed by atoms with Crippen LogP contribution in [0.1, 0.15) is 22.3 Å². The fourth-order valence-corrected chi connectivity index (χ4v) is 27.3. The molecule has 144 heavy (non-hydrogen) atoms. The zero-order valence-electron chi connectivity index (χ0n) is 79.9. The lowest BCUT2D eigenvalue weighted by molar-refractivity contribution is 1.52. The number of hydrogen-bond acceptors (Lipinski definition) is 0. The molecule has 0 N–H and O–H groups in total. The largest absolute Gasteiger partial charge is 0.0622 e. The van der Waals surface area contributed by atoms with Gasteiger partial charge >= 0.3 is 0 Å². The Labute approximate surface area is 830 Å². The van der Waals surface area contributed by atoms with Gasteiger partial charge in [-0.25, -0.2) is 0 Å². The Balaban J connectivity index is 0.0000000883. The van der Waals surface area contributed by atoms with E-state index in [9.17, 15) is 0 Å². The highest BCUT2D eigenvalue weighted by Gasteiger charge is 2.32. The van der Waals surface area contributed by atoms with E-state index in [-0.39, 0.29) is 0 Å². The van der Waals surface area contributed by atoms with Gasteiger partial charge in [-0.2, -0.15) is 0 Å². The summed E-state index contributed by atoms with van der Waals surface area (Å²) in [6.45, 7) is 8.96. The fourth-order valence-electron chi connectivity index (χ4n) is 27.3. The first-order valence-electron chi connectivity index (χ1n) is 50.7. The highest BCUT2D eigenvalue weighted by atomic mass is 14.3. The molecule has 0 spiro atoms. The molecule has 0 fully saturated rings. The average molecular weight is 1820 g/mol. The standard InChI is InChI=1S/C44H26.C34H22.2C33H20/c1-3-11-27(12-4-1)30-17-7-18-32(25-30)40-37-22-10-19-34-33-24-23-31(28-13-5-2-6-14-28)26-38(33)44(41(34)37)43-36-21-9-16-29-15-8-20-35(39(29)36)42(40)43;1-19-17-22-16-15-20(2)28-30(22)27(18-19)33-32-25-12-7-6-11-23(25)24-13-8-14-26(31(24)32)29(34(28)33)21-9-4-3-5-10-21;1-19-17-18-27-29-21(19)13-7-16-26(29)33-31-24-12-6-5-11-22(24)23-14-8-15-25(30(23)31)28(32(27)33)20-9-3-2-4-10-20;1-19-17-18-27-29-21(19)13-7-16-26(29)32-28(20-9-3-2-4-10-20)25-15-8-14-23-22-11-5-6-12-24(22)31(30(23)25)33(27)32/h1-26H;3-18H,1-2H3;2*2-18H,1H3. The molecule has 34 aromatic carbocycles. The molecular weight excluding hydrogens is 1730 g/mol. The first-order chi connectivity index (χ1) is 71.2. The summed E-state index contributed by atoms with van der Waals surface area (Å²) in [5.74, 6) is 0. The number of hydrogen-bond donors (Lipinski definition) is 0. The van der Waals surface area contributed by atoms with Crippen LogP contribution in [-0.4, -0.2) is 0 Å². The van der Waals surface area contributed by atoms with Gasteiger partial charge in [0.05, 0.1) is 0 Å². The van der Waals surface area contributed by atoms with Crippen LogP contribution < -0.4 is 0 Å². The van der Waals surface area contributed by atoms with Crippen LogP contribution in [0.4, 0.5) is 0 Å². The van der Waals surface area contributed by atoms with Gasteiger partial charge in [0.1, 0.15) is 0 Å². The maximum Gasteiger partial charge on any atom is -0.000473 e. The first-order valence-corrected chi connectivity index (χ1v) is 50.7. The predicted molar refractivity (Wildman–Crippen MR) is 627 cm³/mol. The zero-order valence-corrected chi connectivity index (χ0v) is 79.9. The smallest absolute Gasteiger partial charge is 0.000473 e. The molecule has 0 unspecified atom stereocenters. The number of aryl methyl sites for hydroxylation is 4. The Morgan fingerprint density at radius 3 is 0.819 bits per heavy atom. The van der Waals surface area contributed by atoms with E-state index in [0.29, 0.717) is 0 Å². The second-order valence-corrected chi connectivity index (χ2v) is 40.4. The van der Waals surface area contributed by atoms with Crippen molar-refractivity contribution < 1.29 is 0 Å². The molecule has 0 aliphatic carbocycles. The van der Waals surface area contributed by atoms with Gasteiger partial charge in [-0.1, -0.05) is 449 Å². The molecule has 0 saturated heterocycles. The molecule has 0 aliphatic rings. The summed E-state index contributed by atoms with van der Waals surface area (Å²) in [4.78, 5) is 0. The quantitative estimate of drug-likeness (QED) is 0.156. The van der Waals surface area contributed by atoms with E-state index in [1.54, 1.807) is 0 Å². The lowest BCUT2D eigenvalue weighted by Gasteiger charge is -2.14. The van der Waals surface area contributed by atoms with Crippen molar-refractivity contribution in [2.24, 2.45) is 0 Å². The van der Waals surface area contributed by atoms with Crippen molar-refractivity contribution in [2.75, 3.05) is 0 Å². The van der Waals surface area contributed by atoms with Crippen molar-refractivity contribution in [1.82, 2.24) is 0 Å². The van der Waals surface area contributed by atoms with E-state index in [4.69, 9.17) is 0 Å². The number of rotatable bonds is 6. The number of benzene rings is 26. The van der Waals surface area contributed by atoms with Crippen LogP contribution in [0.15, 0.2) is 461 Å². The third kappa shape index (κ3) is 11.2. The molecule has 34 rings (SSSR count). The molecule has 0 saturated carbocycles. The van der Waals surface area contributed by atoms with E-state index >= 15 is 0 Å². The van der Waals surface area contributed by atoms with Crippen LogP contribution in [0.3, 0.4) is 0 Å². The molecule has 0 amide bonds. The third-order valence-electron chi connectivity index (χ3n) is 33.0. The Morgan fingerprint density at radius 1 is 0.0972 bits per heavy atom. The van der Waals surface area contributed by atoms with Crippen LogP contribution in [-0.2, 0) is 0 Å². The van der Waals surface area contributed by atoms with Crippen molar-refractivity contribution >= 4 is 259 Å². The van der Waals surface area contributed by atoms with Crippen molar-refractivity contribution in [3.05, 3.63) is 483 Å². The van der Waals surface area contributed by atoms with Gasteiger partial charge in [-0.3, -0.25) is 0 Å². The van der Waals surface area contributed by atoms with Gasteiger partial charge in [0.25, 0.3) is 0 Å². The molecule has 0 aromatic heterocycles. The molecule has 664 valence electrons. The molecule has 0 aliphatic heterocycles. The Kier molecular flexibility index (Phi) is 17.2. The fraction of sp³-hybridized carbons (Fsp3) is 0.0278. The highest BCUT2D eigenvalue weighted by Crippen LogP contribution is 2.60. The van der Waals surface area contributed by atoms with Crippen molar-refractivity contribution in [3.63, 3.8) is 0 Å². The van der Waals surface area contributed by atoms with Crippen LogP contribution in [0.25, 0.3) is 325 Å². The molecule has 0 nitrogen and oxygen atoms in total. The third-order valence-corrected chi connectivity index (χ3v) is 33.0. The predicted octanol–water partition coefficient (Wildman–Crippen LogP) is 41.2. The van der Waals surface area contributed by atoms with Crippen molar-refractivity contribution in [1.29, 1.82) is 0 Å². The van der Waals surface area contributed by atoms with Crippen LogP contribution in [0, 0.1) is 27.7 Å². The Morgan fingerprint density at radius 2 is 0.368 bits per heavy atom. The van der Waals surface area contributed by atoms with Gasteiger partial charge in [0.2, 0.25) is 0 Å². The normalized spacial score (nSPS) is 12.3. The molecule has 0 atom stereocenters. The highest BCUT2D eigenvalue weighted by molar-refractivity contribution is 6.54. The summed E-state index contributed by atoms with van der Waals surface area (Å²) in [5, 5.41) is 65.9. The van der Waals surface area contributed by atoms with Gasteiger partial charge in [0.15, 0.2) is 0 Å². The van der Waals surface area contributed by atoms with E-state index in [2.05, 4.69) is 489 Å². The maximum absolute atomic E-state index is 2.43. The van der Waals surface area contributed by atoms with E-state index in [1.165, 1.54) is 348 Å². The molecule has 0 heteroatoms. The summed E-state index contributed by atoms with van der Waals surface area (Å²) in [6, 6.07) is 171. The summed E-state index contributed by atoms with van der Waals surface area (Å²) in [6.07, 6.45) is 0. The SMILES string of the molecule is Cc1cc2ccc(C)c3c4c(-c5ccccc5)c5cccc6c7ccccc7c(c56)c4c(c1)c23.Cc1ccc2c3c(-c4ccccc4)c4cccc5c6ccccc6c(c45)c3c3cccc1c23.Cc1ccc2c3c1cccc3c1c(-c3ccccc3)c3cccc4c5ccccc5c(c34)c21.c1ccc(-c2cccc(-c3c4cccc5c6ccc(-c7ccccc7)cc6c(c45)c4c5cccc6cccc(c34)c65)c2)cc1. The summed E-state index contributed by atoms with van der Waals surface area (Å²) in [5.41, 5.74) is 20.9. The first kappa shape index (κ1) is 80.7. The van der Waals surface area contributed by atoms with Crippen LogP contribution in [0.2, 0.25) is 0 Å². The lowest BCUT2D eigenvalue weighted by atomic mass is 9.89. The monoisotopic (exact) mass is 1820 g/mol. The summed E-state index contributed by atoms with van der Waals surface area (Å²) in [7, 11) is 0. The minimum atomic E-state index is 1.24. The summed E-state index contributed by atoms with van der Waals surface area (Å²) >= 11 is 0. The van der Waals surface area contributed by atoms with E-state index in [0.717, 1.165) is 0 Å². The van der Waals surface area contributed by atoms with Gasteiger partial charge in [0, 0.05) is 0 Å². The zero-order chi connectivity index (χ0) is 94.7. The second-order valence-electron chi connectivity index (χ2n) is 40.4. The van der Waals surface area contributed by atoms with Gasteiger partial charge in [-0.05, 0) is 387 Å². The lowest BCUT2D eigenvalue weighted by Crippen LogP contribution is -1.86. The second kappa shape index (κ2) is 30.7. The van der Waals surface area contributed by atoms with Gasteiger partial charge in [-0.15, -0.1) is 0 Å².